The summed E-state index contributed by atoms with van der Waals surface area (Å²) in [5.74, 6) is 1.36. The van der Waals surface area contributed by atoms with Crippen molar-refractivity contribution < 1.29 is 4.39 Å². The molecule has 2 aromatic carbocycles. The van der Waals surface area contributed by atoms with Gasteiger partial charge in [0.05, 0.1) is 13.1 Å². The molecule has 6 heteroatoms. The third kappa shape index (κ3) is 4.80. The van der Waals surface area contributed by atoms with E-state index in [9.17, 15) is 4.39 Å². The Bertz CT molecular complexity index is 891. The maximum absolute atomic E-state index is 14.0. The molecule has 4 rings (SSSR count). The number of hydrogen-bond acceptors (Lipinski definition) is 4. The summed E-state index contributed by atoms with van der Waals surface area (Å²) >= 11 is 1.55. The highest BCUT2D eigenvalue weighted by molar-refractivity contribution is 7.98. The lowest BCUT2D eigenvalue weighted by Gasteiger charge is -2.26. The Kier molecular flexibility index (Phi) is 6.39. The molecule has 0 amide bonds. The van der Waals surface area contributed by atoms with Crippen molar-refractivity contribution in [2.24, 2.45) is 0 Å². The van der Waals surface area contributed by atoms with Crippen molar-refractivity contribution in [3.8, 4) is 0 Å². The molecule has 4 nitrogen and oxygen atoms in total. The SMILES string of the molecule is Fc1ccccc1CSc1nnc(CN2CCCCC2)n1Cc1ccccc1. The van der Waals surface area contributed by atoms with Crippen LogP contribution in [0.25, 0.3) is 0 Å². The van der Waals surface area contributed by atoms with E-state index in [1.165, 1.54) is 30.9 Å². The standard InChI is InChI=1S/C22H25FN4S/c23-20-12-6-5-11-19(20)17-28-22-25-24-21(16-26-13-7-2-8-14-26)27(22)15-18-9-3-1-4-10-18/h1,3-6,9-12H,2,7-8,13-17H2. The van der Waals surface area contributed by atoms with Crippen molar-refractivity contribution in [3.05, 3.63) is 77.4 Å². The number of likely N-dealkylation sites (tertiary alicyclic amines) is 1. The van der Waals surface area contributed by atoms with Crippen LogP contribution in [0.4, 0.5) is 4.39 Å². The molecule has 28 heavy (non-hydrogen) atoms. The minimum absolute atomic E-state index is 0.169. The summed E-state index contributed by atoms with van der Waals surface area (Å²) in [4.78, 5) is 2.46. The van der Waals surface area contributed by atoms with Crippen LogP contribution >= 0.6 is 11.8 Å². The molecule has 1 aliphatic rings. The average molecular weight is 397 g/mol. The third-order valence-electron chi connectivity index (χ3n) is 5.11. The van der Waals surface area contributed by atoms with Crippen LogP contribution in [0, 0.1) is 5.82 Å². The van der Waals surface area contributed by atoms with E-state index >= 15 is 0 Å². The lowest BCUT2D eigenvalue weighted by Crippen LogP contribution is -2.30. The molecule has 1 fully saturated rings. The summed E-state index contributed by atoms with van der Waals surface area (Å²) in [5, 5.41) is 9.79. The molecular formula is C22H25FN4S. The molecule has 3 aromatic rings. The first-order chi connectivity index (χ1) is 13.8. The molecule has 1 aliphatic heterocycles. The molecule has 0 saturated carbocycles. The number of nitrogens with zero attached hydrogens (tertiary/aromatic N) is 4. The molecule has 146 valence electrons. The summed E-state index contributed by atoms with van der Waals surface area (Å²) in [5.41, 5.74) is 1.91. The number of hydrogen-bond donors (Lipinski definition) is 0. The van der Waals surface area contributed by atoms with Gasteiger partial charge in [-0.25, -0.2) is 4.39 Å². The summed E-state index contributed by atoms with van der Waals surface area (Å²) < 4.78 is 16.2. The predicted octanol–water partition coefficient (Wildman–Crippen LogP) is 4.74. The van der Waals surface area contributed by atoms with Crippen molar-refractivity contribution in [1.82, 2.24) is 19.7 Å². The highest BCUT2D eigenvalue weighted by Crippen LogP contribution is 2.25. The maximum atomic E-state index is 14.0. The Morgan fingerprint density at radius 1 is 0.857 bits per heavy atom. The fourth-order valence-corrected chi connectivity index (χ4v) is 4.49. The van der Waals surface area contributed by atoms with Crippen LogP contribution in [0.15, 0.2) is 59.8 Å². The number of aromatic nitrogens is 3. The fraction of sp³-hybridized carbons (Fsp3) is 0.364. The Morgan fingerprint density at radius 3 is 2.39 bits per heavy atom. The zero-order valence-electron chi connectivity index (χ0n) is 15.9. The molecule has 1 aromatic heterocycles. The van der Waals surface area contributed by atoms with Gasteiger partial charge in [0.2, 0.25) is 0 Å². The van der Waals surface area contributed by atoms with Crippen LogP contribution in [0.3, 0.4) is 0 Å². The van der Waals surface area contributed by atoms with E-state index in [0.29, 0.717) is 11.3 Å². The summed E-state index contributed by atoms with van der Waals surface area (Å²) in [7, 11) is 0. The van der Waals surface area contributed by atoms with E-state index in [2.05, 4.69) is 43.9 Å². The van der Waals surface area contributed by atoms with E-state index in [4.69, 9.17) is 0 Å². The molecule has 2 heterocycles. The van der Waals surface area contributed by atoms with Crippen LogP contribution in [-0.4, -0.2) is 32.8 Å². The monoisotopic (exact) mass is 396 g/mol. The molecular weight excluding hydrogens is 371 g/mol. The van der Waals surface area contributed by atoms with Crippen molar-refractivity contribution >= 4 is 11.8 Å². The first-order valence-corrected chi connectivity index (χ1v) is 10.8. The molecule has 1 saturated heterocycles. The quantitative estimate of drug-likeness (QED) is 0.540. The molecule has 0 unspecified atom stereocenters. The largest absolute Gasteiger partial charge is 0.300 e. The van der Waals surface area contributed by atoms with Crippen LogP contribution in [-0.2, 0) is 18.8 Å². The second-order valence-electron chi connectivity index (χ2n) is 7.19. The van der Waals surface area contributed by atoms with Crippen molar-refractivity contribution in [3.63, 3.8) is 0 Å². The first kappa shape index (κ1) is 19.2. The van der Waals surface area contributed by atoms with Gasteiger partial charge in [0.15, 0.2) is 5.16 Å². The molecule has 0 spiro atoms. The Morgan fingerprint density at radius 2 is 1.61 bits per heavy atom. The number of rotatable bonds is 7. The van der Waals surface area contributed by atoms with Gasteiger partial charge < -0.3 is 4.57 Å². The zero-order chi connectivity index (χ0) is 19.2. The van der Waals surface area contributed by atoms with Crippen LogP contribution in [0.5, 0.6) is 0 Å². The second kappa shape index (κ2) is 9.34. The van der Waals surface area contributed by atoms with E-state index < -0.39 is 0 Å². The summed E-state index contributed by atoms with van der Waals surface area (Å²) in [6, 6.07) is 17.3. The van der Waals surface area contributed by atoms with E-state index in [0.717, 1.165) is 37.2 Å². The minimum Gasteiger partial charge on any atom is -0.300 e. The van der Waals surface area contributed by atoms with Gasteiger partial charge in [-0.05, 0) is 43.1 Å². The van der Waals surface area contributed by atoms with Gasteiger partial charge >= 0.3 is 0 Å². The molecule has 0 bridgehead atoms. The smallest absolute Gasteiger partial charge is 0.191 e. The van der Waals surface area contributed by atoms with E-state index in [-0.39, 0.29) is 5.82 Å². The topological polar surface area (TPSA) is 34.0 Å². The highest BCUT2D eigenvalue weighted by atomic mass is 32.2. The normalized spacial score (nSPS) is 15.0. The van der Waals surface area contributed by atoms with Crippen molar-refractivity contribution in [2.45, 2.75) is 43.3 Å². The number of piperidine rings is 1. The van der Waals surface area contributed by atoms with Gasteiger partial charge in [0.25, 0.3) is 0 Å². The lowest BCUT2D eigenvalue weighted by molar-refractivity contribution is 0.213. The third-order valence-corrected chi connectivity index (χ3v) is 6.12. The molecule has 0 N–H and O–H groups in total. The Hall–Kier alpha value is -2.18. The van der Waals surface area contributed by atoms with E-state index in [1.807, 2.05) is 18.2 Å². The summed E-state index contributed by atoms with van der Waals surface area (Å²) in [6.45, 7) is 3.79. The summed E-state index contributed by atoms with van der Waals surface area (Å²) in [6.07, 6.45) is 3.82. The average Bonchev–Trinajstić information content (AvgIpc) is 3.10. The van der Waals surface area contributed by atoms with Crippen molar-refractivity contribution in [1.29, 1.82) is 0 Å². The Labute approximate surface area is 169 Å². The predicted molar refractivity (Wildman–Crippen MR) is 111 cm³/mol. The zero-order valence-corrected chi connectivity index (χ0v) is 16.7. The van der Waals surface area contributed by atoms with Gasteiger partial charge in [0.1, 0.15) is 11.6 Å². The maximum Gasteiger partial charge on any atom is 0.191 e. The lowest BCUT2D eigenvalue weighted by atomic mass is 10.1. The van der Waals surface area contributed by atoms with Crippen LogP contribution in [0.2, 0.25) is 0 Å². The highest BCUT2D eigenvalue weighted by Gasteiger charge is 2.18. The molecule has 0 radical (unpaired) electrons. The van der Waals surface area contributed by atoms with Gasteiger partial charge in [-0.15, -0.1) is 10.2 Å². The number of halogens is 1. The van der Waals surface area contributed by atoms with Crippen LogP contribution in [0.1, 0.15) is 36.2 Å². The van der Waals surface area contributed by atoms with Gasteiger partial charge in [-0.3, -0.25) is 4.90 Å². The van der Waals surface area contributed by atoms with Gasteiger partial charge in [-0.1, -0.05) is 66.7 Å². The number of thioether (sulfide) groups is 1. The van der Waals surface area contributed by atoms with Gasteiger partial charge in [0, 0.05) is 5.75 Å². The Balaban J connectivity index is 1.55. The van der Waals surface area contributed by atoms with Crippen LogP contribution < -0.4 is 0 Å². The molecule has 0 aliphatic carbocycles. The van der Waals surface area contributed by atoms with E-state index in [1.54, 1.807) is 17.8 Å². The fourth-order valence-electron chi connectivity index (χ4n) is 3.54. The number of benzene rings is 2. The first-order valence-electron chi connectivity index (χ1n) is 9.84. The molecule has 0 atom stereocenters. The van der Waals surface area contributed by atoms with Crippen molar-refractivity contribution in [2.75, 3.05) is 13.1 Å². The van der Waals surface area contributed by atoms with Gasteiger partial charge in [-0.2, -0.15) is 0 Å². The second-order valence-corrected chi connectivity index (χ2v) is 8.13. The minimum atomic E-state index is -0.169.